The minimum atomic E-state index is -0.247. The minimum Gasteiger partial charge on any atom is -0.466 e. The van der Waals surface area contributed by atoms with E-state index in [0.717, 1.165) is 13.1 Å². The van der Waals surface area contributed by atoms with Gasteiger partial charge in [-0.3, -0.25) is 4.79 Å². The van der Waals surface area contributed by atoms with E-state index in [1.54, 1.807) is 17.8 Å². The van der Waals surface area contributed by atoms with Crippen LogP contribution in [0.2, 0.25) is 5.28 Å². The fourth-order valence-corrected chi connectivity index (χ4v) is 2.67. The van der Waals surface area contributed by atoms with Gasteiger partial charge in [-0.2, -0.15) is 9.97 Å². The zero-order chi connectivity index (χ0) is 16.2. The van der Waals surface area contributed by atoms with Gasteiger partial charge in [-0.1, -0.05) is 0 Å². The standard InChI is InChI=1S/C14H18ClN5O3/c1-2-23-10(21)3-4-20-9-16-11-12(17-14(15)18-13(11)20)19-5-7-22-8-6-19/h9H,2-8H2,1H3. The first-order valence-electron chi connectivity index (χ1n) is 7.55. The van der Waals surface area contributed by atoms with E-state index in [9.17, 15) is 4.79 Å². The molecule has 3 rings (SSSR count). The number of fused-ring (bicyclic) bond motifs is 1. The number of esters is 1. The summed E-state index contributed by atoms with van der Waals surface area (Å²) in [5, 5.41) is 0.164. The molecular weight excluding hydrogens is 322 g/mol. The van der Waals surface area contributed by atoms with Gasteiger partial charge in [-0.25, -0.2) is 4.98 Å². The van der Waals surface area contributed by atoms with Gasteiger partial charge in [0, 0.05) is 19.6 Å². The zero-order valence-electron chi connectivity index (χ0n) is 12.9. The van der Waals surface area contributed by atoms with Crippen LogP contribution in [0.3, 0.4) is 0 Å². The molecule has 1 fully saturated rings. The number of aryl methyl sites for hydroxylation is 1. The molecule has 0 N–H and O–H groups in total. The second kappa shape index (κ2) is 7.10. The normalized spacial score (nSPS) is 15.1. The molecule has 1 saturated heterocycles. The minimum absolute atomic E-state index is 0.164. The number of carbonyl (C=O) groups excluding carboxylic acids is 1. The van der Waals surface area contributed by atoms with Gasteiger partial charge in [0.2, 0.25) is 5.28 Å². The Balaban J connectivity index is 1.87. The van der Waals surface area contributed by atoms with Crippen LogP contribution in [-0.4, -0.2) is 58.4 Å². The third-order valence-electron chi connectivity index (χ3n) is 3.59. The molecule has 0 unspecified atom stereocenters. The number of carbonyl (C=O) groups is 1. The molecule has 0 aliphatic carbocycles. The van der Waals surface area contributed by atoms with Gasteiger partial charge in [-0.15, -0.1) is 0 Å². The van der Waals surface area contributed by atoms with E-state index in [4.69, 9.17) is 21.1 Å². The summed E-state index contributed by atoms with van der Waals surface area (Å²) in [5.74, 6) is 0.459. The molecule has 9 heteroatoms. The molecular formula is C14H18ClN5O3. The van der Waals surface area contributed by atoms with Crippen molar-refractivity contribution < 1.29 is 14.3 Å². The lowest BCUT2D eigenvalue weighted by molar-refractivity contribution is -0.143. The molecule has 2 aromatic rings. The summed E-state index contributed by atoms with van der Waals surface area (Å²) >= 11 is 6.07. The Morgan fingerprint density at radius 3 is 2.91 bits per heavy atom. The smallest absolute Gasteiger partial charge is 0.307 e. The molecule has 0 bridgehead atoms. The van der Waals surface area contributed by atoms with Crippen molar-refractivity contribution in [1.29, 1.82) is 0 Å². The molecule has 2 aromatic heterocycles. The van der Waals surface area contributed by atoms with Crippen LogP contribution < -0.4 is 4.90 Å². The Morgan fingerprint density at radius 1 is 1.39 bits per heavy atom. The van der Waals surface area contributed by atoms with Crippen LogP contribution in [0.1, 0.15) is 13.3 Å². The lowest BCUT2D eigenvalue weighted by Gasteiger charge is -2.27. The highest BCUT2D eigenvalue weighted by molar-refractivity contribution is 6.28. The molecule has 3 heterocycles. The second-order valence-corrected chi connectivity index (χ2v) is 5.42. The van der Waals surface area contributed by atoms with E-state index in [2.05, 4.69) is 19.9 Å². The van der Waals surface area contributed by atoms with Crippen LogP contribution in [0.15, 0.2) is 6.33 Å². The topological polar surface area (TPSA) is 82.4 Å². The van der Waals surface area contributed by atoms with E-state index in [1.807, 2.05) is 0 Å². The maximum absolute atomic E-state index is 11.5. The maximum Gasteiger partial charge on any atom is 0.307 e. The number of morpholine rings is 1. The summed E-state index contributed by atoms with van der Waals surface area (Å²) in [4.78, 5) is 26.6. The Labute approximate surface area is 138 Å². The molecule has 0 amide bonds. The predicted octanol–water partition coefficient (Wildman–Crippen LogP) is 1.27. The number of rotatable bonds is 5. The van der Waals surface area contributed by atoms with Crippen LogP contribution in [-0.2, 0) is 20.8 Å². The third-order valence-corrected chi connectivity index (χ3v) is 3.76. The molecule has 124 valence electrons. The fourth-order valence-electron chi connectivity index (χ4n) is 2.51. The first-order chi connectivity index (χ1) is 11.2. The Kier molecular flexibility index (Phi) is 4.92. The van der Waals surface area contributed by atoms with Crippen molar-refractivity contribution >= 4 is 34.6 Å². The molecule has 23 heavy (non-hydrogen) atoms. The van der Waals surface area contributed by atoms with Crippen molar-refractivity contribution in [1.82, 2.24) is 19.5 Å². The molecule has 0 saturated carbocycles. The van der Waals surface area contributed by atoms with Crippen LogP contribution in [0.5, 0.6) is 0 Å². The number of hydrogen-bond donors (Lipinski definition) is 0. The lowest BCUT2D eigenvalue weighted by Crippen LogP contribution is -2.37. The monoisotopic (exact) mass is 339 g/mol. The SMILES string of the molecule is CCOC(=O)CCn1cnc2c(N3CCOCC3)nc(Cl)nc21. The zero-order valence-corrected chi connectivity index (χ0v) is 13.6. The highest BCUT2D eigenvalue weighted by Gasteiger charge is 2.20. The number of nitrogens with zero attached hydrogens (tertiary/aromatic N) is 5. The summed E-state index contributed by atoms with van der Waals surface area (Å²) in [7, 11) is 0. The Hall–Kier alpha value is -1.93. The Morgan fingerprint density at radius 2 is 2.17 bits per heavy atom. The van der Waals surface area contributed by atoms with Crippen LogP contribution >= 0.6 is 11.6 Å². The van der Waals surface area contributed by atoms with E-state index < -0.39 is 0 Å². The molecule has 0 aromatic carbocycles. The van der Waals surface area contributed by atoms with Crippen molar-refractivity contribution in [2.75, 3.05) is 37.8 Å². The van der Waals surface area contributed by atoms with Crippen LogP contribution in [0, 0.1) is 0 Å². The van der Waals surface area contributed by atoms with Crippen molar-refractivity contribution in [3.05, 3.63) is 11.6 Å². The Bertz CT molecular complexity index is 699. The number of aromatic nitrogens is 4. The van der Waals surface area contributed by atoms with E-state index in [0.29, 0.717) is 43.3 Å². The summed E-state index contributed by atoms with van der Waals surface area (Å²) in [6, 6.07) is 0. The van der Waals surface area contributed by atoms with E-state index in [1.165, 1.54) is 0 Å². The van der Waals surface area contributed by atoms with Crippen LogP contribution in [0.4, 0.5) is 5.82 Å². The predicted molar refractivity (Wildman–Crippen MR) is 84.6 cm³/mol. The largest absolute Gasteiger partial charge is 0.466 e. The van der Waals surface area contributed by atoms with Crippen molar-refractivity contribution in [2.24, 2.45) is 0 Å². The molecule has 0 radical (unpaired) electrons. The summed E-state index contributed by atoms with van der Waals surface area (Å²) < 4.78 is 12.1. The number of halogens is 1. The number of ether oxygens (including phenoxy) is 2. The van der Waals surface area contributed by atoms with Gasteiger partial charge in [-0.05, 0) is 18.5 Å². The molecule has 1 aliphatic rings. The first kappa shape index (κ1) is 15.9. The fraction of sp³-hybridized carbons (Fsp3) is 0.571. The van der Waals surface area contributed by atoms with E-state index in [-0.39, 0.29) is 17.7 Å². The van der Waals surface area contributed by atoms with Crippen LogP contribution in [0.25, 0.3) is 11.2 Å². The average Bonchev–Trinajstić information content (AvgIpc) is 2.96. The summed E-state index contributed by atoms with van der Waals surface area (Å²) in [6.07, 6.45) is 1.91. The molecule has 1 aliphatic heterocycles. The highest BCUT2D eigenvalue weighted by atomic mass is 35.5. The number of hydrogen-bond acceptors (Lipinski definition) is 7. The third kappa shape index (κ3) is 3.53. The molecule has 0 spiro atoms. The van der Waals surface area contributed by atoms with E-state index >= 15 is 0 Å². The van der Waals surface area contributed by atoms with Gasteiger partial charge in [0.05, 0.1) is 32.6 Å². The summed E-state index contributed by atoms with van der Waals surface area (Å²) in [5.41, 5.74) is 1.30. The number of imidazole rings is 1. The van der Waals surface area contributed by atoms with Gasteiger partial charge in [0.15, 0.2) is 17.0 Å². The quantitative estimate of drug-likeness (QED) is 0.599. The first-order valence-corrected chi connectivity index (χ1v) is 7.93. The average molecular weight is 340 g/mol. The lowest BCUT2D eigenvalue weighted by atomic mass is 10.3. The maximum atomic E-state index is 11.5. The summed E-state index contributed by atoms with van der Waals surface area (Å²) in [6.45, 7) is 5.35. The van der Waals surface area contributed by atoms with Crippen molar-refractivity contribution in [3.63, 3.8) is 0 Å². The molecule has 0 atom stereocenters. The van der Waals surface area contributed by atoms with Gasteiger partial charge >= 0.3 is 5.97 Å². The molecule has 8 nitrogen and oxygen atoms in total. The number of anilines is 1. The van der Waals surface area contributed by atoms with Crippen molar-refractivity contribution in [2.45, 2.75) is 19.9 Å². The van der Waals surface area contributed by atoms with Crippen molar-refractivity contribution in [3.8, 4) is 0 Å². The van der Waals surface area contributed by atoms with Gasteiger partial charge in [0.25, 0.3) is 0 Å². The second-order valence-electron chi connectivity index (χ2n) is 5.08. The highest BCUT2D eigenvalue weighted by Crippen LogP contribution is 2.25. The van der Waals surface area contributed by atoms with Gasteiger partial charge in [0.1, 0.15) is 0 Å². The van der Waals surface area contributed by atoms with Gasteiger partial charge < -0.3 is 18.9 Å².